The Morgan fingerprint density at radius 1 is 1.26 bits per heavy atom. The Morgan fingerprint density at radius 3 is 2.63 bits per heavy atom. The summed E-state index contributed by atoms with van der Waals surface area (Å²) in [7, 11) is -3.24. The molecular weight excluding hydrogens is 369 g/mol. The fourth-order valence-corrected chi connectivity index (χ4v) is 5.08. The number of carbonyl (C=O) groups excluding carboxylic acids is 2. The van der Waals surface area contributed by atoms with E-state index in [2.05, 4.69) is 5.32 Å². The van der Waals surface area contributed by atoms with E-state index in [0.717, 1.165) is 12.8 Å². The average Bonchev–Trinajstić information content (AvgIpc) is 3.08. The molecule has 0 amide bonds. The zero-order valence-electron chi connectivity index (χ0n) is 15.7. The maximum atomic E-state index is 12.9. The molecule has 1 fully saturated rings. The van der Waals surface area contributed by atoms with E-state index in [1.165, 1.54) is 5.56 Å². The summed E-state index contributed by atoms with van der Waals surface area (Å²) in [5, 5.41) is 12.7. The van der Waals surface area contributed by atoms with Gasteiger partial charge in [-0.1, -0.05) is 30.3 Å². The molecule has 1 heterocycles. The molecule has 0 bridgehead atoms. The van der Waals surface area contributed by atoms with Crippen LogP contribution in [0.4, 0.5) is 0 Å². The predicted octanol–water partition coefficient (Wildman–Crippen LogP) is 2.47. The summed E-state index contributed by atoms with van der Waals surface area (Å²) in [6, 6.07) is 9.97. The molecule has 1 aromatic rings. The summed E-state index contributed by atoms with van der Waals surface area (Å²) in [4.78, 5) is 24.0. The van der Waals surface area contributed by atoms with Gasteiger partial charge in [-0.3, -0.25) is 14.7 Å². The summed E-state index contributed by atoms with van der Waals surface area (Å²) in [6.07, 6.45) is 2.89. The van der Waals surface area contributed by atoms with Crippen LogP contribution in [0.15, 0.2) is 30.3 Å². The van der Waals surface area contributed by atoms with Gasteiger partial charge < -0.3 is 14.4 Å². The number of nitrogens with one attached hydrogen (secondary N) is 1. The first-order valence-electron chi connectivity index (χ1n) is 9.36. The lowest BCUT2D eigenvalue weighted by atomic mass is 10.1. The van der Waals surface area contributed by atoms with E-state index >= 15 is 0 Å². The number of rotatable bonds is 10. The van der Waals surface area contributed by atoms with Gasteiger partial charge in [0.25, 0.3) is 0 Å². The molecule has 1 aliphatic heterocycles. The van der Waals surface area contributed by atoms with Crippen LogP contribution < -0.4 is 5.32 Å². The Kier molecular flexibility index (Phi) is 8.17. The van der Waals surface area contributed by atoms with E-state index in [1.54, 1.807) is 6.92 Å². The van der Waals surface area contributed by atoms with Crippen LogP contribution in [0.5, 0.6) is 0 Å². The Morgan fingerprint density at radius 2 is 2.00 bits per heavy atom. The number of esters is 2. The van der Waals surface area contributed by atoms with Crippen LogP contribution >= 0.6 is 7.37 Å². The molecule has 8 heteroatoms. The van der Waals surface area contributed by atoms with Gasteiger partial charge in [0, 0.05) is 12.6 Å². The predicted molar refractivity (Wildman–Crippen MR) is 102 cm³/mol. The third-order valence-corrected chi connectivity index (χ3v) is 6.93. The summed E-state index contributed by atoms with van der Waals surface area (Å²) in [5.41, 5.74) is -0.632. The highest BCUT2D eigenvalue weighted by atomic mass is 31.2. The van der Waals surface area contributed by atoms with Crippen molar-refractivity contribution in [3.05, 3.63) is 35.9 Å². The maximum Gasteiger partial charge on any atom is 0.361 e. The largest absolute Gasteiger partial charge is 0.390 e. The molecule has 27 heavy (non-hydrogen) atoms. The van der Waals surface area contributed by atoms with Crippen LogP contribution in [0.25, 0.3) is 0 Å². The minimum atomic E-state index is -3.24. The van der Waals surface area contributed by atoms with Gasteiger partial charge in [-0.2, -0.15) is 0 Å². The third kappa shape index (κ3) is 6.85. The topological polar surface area (TPSA) is 102 Å². The van der Waals surface area contributed by atoms with Crippen LogP contribution in [0.2, 0.25) is 0 Å². The van der Waals surface area contributed by atoms with Crippen molar-refractivity contribution in [3.8, 4) is 0 Å². The molecule has 7 nitrogen and oxygen atoms in total. The number of benzene rings is 1. The first-order valence-corrected chi connectivity index (χ1v) is 11.4. The molecule has 0 radical (unpaired) electrons. The molecular formula is C19H28NO6P. The number of carbonyl (C=O) groups is 2. The molecule has 2 rings (SSSR count). The van der Waals surface area contributed by atoms with Crippen molar-refractivity contribution in [2.75, 3.05) is 25.5 Å². The molecule has 0 aromatic heterocycles. The highest BCUT2D eigenvalue weighted by molar-refractivity contribution is 7.59. The highest BCUT2D eigenvalue weighted by Crippen LogP contribution is 2.47. The minimum Gasteiger partial charge on any atom is -0.390 e. The van der Waals surface area contributed by atoms with Crippen LogP contribution in [0.1, 0.15) is 38.2 Å². The first-order chi connectivity index (χ1) is 12.9. The Hall–Kier alpha value is -1.53. The number of hydrogen-bond donors (Lipinski definition) is 2. The molecule has 1 unspecified atom stereocenters. The second kappa shape index (κ2) is 10.1. The van der Waals surface area contributed by atoms with E-state index in [4.69, 9.17) is 9.26 Å². The molecule has 0 aliphatic carbocycles. The van der Waals surface area contributed by atoms with Gasteiger partial charge in [-0.05, 0) is 44.7 Å². The van der Waals surface area contributed by atoms with Gasteiger partial charge in [-0.25, -0.2) is 4.79 Å². The first kappa shape index (κ1) is 21.8. The second-order valence-electron chi connectivity index (χ2n) is 6.71. The van der Waals surface area contributed by atoms with Crippen LogP contribution in [-0.4, -0.2) is 48.2 Å². The van der Waals surface area contributed by atoms with E-state index in [0.29, 0.717) is 19.4 Å². The monoisotopic (exact) mass is 397 g/mol. The minimum absolute atomic E-state index is 0.182. The number of unbranched alkanes of at least 4 members (excludes halogenated alkanes) is 1. The van der Waals surface area contributed by atoms with E-state index < -0.39 is 31.2 Å². The third-order valence-electron chi connectivity index (χ3n) is 4.47. The highest BCUT2D eigenvalue weighted by Gasteiger charge is 2.42. The Balaban J connectivity index is 1.82. The molecule has 1 aliphatic rings. The number of aliphatic hydroxyl groups is 1. The number of hydrogen-bond acceptors (Lipinski definition) is 7. The van der Waals surface area contributed by atoms with Gasteiger partial charge >= 0.3 is 11.9 Å². The van der Waals surface area contributed by atoms with Gasteiger partial charge in [-0.15, -0.1) is 0 Å². The molecule has 1 saturated heterocycles. The lowest BCUT2D eigenvalue weighted by molar-refractivity contribution is -0.174. The maximum absolute atomic E-state index is 12.9. The van der Waals surface area contributed by atoms with E-state index in [1.807, 2.05) is 30.3 Å². The van der Waals surface area contributed by atoms with Crippen LogP contribution in [0, 0.1) is 0 Å². The van der Waals surface area contributed by atoms with Crippen molar-refractivity contribution in [1.82, 2.24) is 5.32 Å². The van der Waals surface area contributed by atoms with Crippen molar-refractivity contribution < 1.29 is 28.5 Å². The summed E-state index contributed by atoms with van der Waals surface area (Å²) in [6.45, 7) is 2.39. The van der Waals surface area contributed by atoms with Crippen molar-refractivity contribution in [2.24, 2.45) is 0 Å². The van der Waals surface area contributed by atoms with Gasteiger partial charge in [0.2, 0.25) is 13.1 Å². The Bertz CT molecular complexity index is 672. The van der Waals surface area contributed by atoms with Crippen molar-refractivity contribution in [2.45, 2.75) is 44.8 Å². The zero-order chi connectivity index (χ0) is 19.8. The van der Waals surface area contributed by atoms with E-state index in [9.17, 15) is 19.3 Å². The summed E-state index contributed by atoms with van der Waals surface area (Å²) >= 11 is 0. The fraction of sp³-hybridized carbons (Fsp3) is 0.579. The molecule has 2 N–H and O–H groups in total. The molecule has 0 saturated carbocycles. The van der Waals surface area contributed by atoms with Crippen LogP contribution in [0.3, 0.4) is 0 Å². The van der Waals surface area contributed by atoms with Gasteiger partial charge in [0.15, 0.2) is 0 Å². The second-order valence-corrected chi connectivity index (χ2v) is 9.36. The lowest BCUT2D eigenvalue weighted by Gasteiger charge is -2.21. The molecule has 2 atom stereocenters. The summed E-state index contributed by atoms with van der Waals surface area (Å²) in [5.74, 6) is -1.97. The van der Waals surface area contributed by atoms with E-state index in [-0.39, 0.29) is 19.2 Å². The lowest BCUT2D eigenvalue weighted by Crippen LogP contribution is -2.49. The zero-order valence-corrected chi connectivity index (χ0v) is 16.6. The van der Waals surface area contributed by atoms with Gasteiger partial charge in [0.05, 0.1) is 6.61 Å². The van der Waals surface area contributed by atoms with Gasteiger partial charge in [0.1, 0.15) is 6.16 Å². The van der Waals surface area contributed by atoms with Crippen LogP contribution in [-0.2, 0) is 29.8 Å². The molecule has 0 spiro atoms. The normalized spacial score (nSPS) is 21.6. The number of ether oxygens (including phenoxy) is 1. The smallest absolute Gasteiger partial charge is 0.361 e. The van der Waals surface area contributed by atoms with Crippen molar-refractivity contribution in [3.63, 3.8) is 0 Å². The SMILES string of the molecule is CCOP(=O)(CCCCc1ccccc1)CC(=O)OC(=O)[C@]1(O)CCCN1. The average molecular weight is 397 g/mol. The standard InChI is InChI=1S/C19H28NO6P/c1-2-25-27(24,14-7-6-11-16-9-4-3-5-10-16)15-17(21)26-18(22)19(23)12-8-13-20-19/h3-5,9-10,20,23H,2,6-8,11-15H2,1H3/t19-,27?/m1/s1. The fourth-order valence-electron chi connectivity index (χ4n) is 3.07. The number of aryl methyl sites for hydroxylation is 1. The quantitative estimate of drug-likeness (QED) is 0.271. The van der Waals surface area contributed by atoms with Crippen molar-refractivity contribution in [1.29, 1.82) is 0 Å². The molecule has 1 aromatic carbocycles. The summed E-state index contributed by atoms with van der Waals surface area (Å²) < 4.78 is 23.0. The van der Waals surface area contributed by atoms with Crippen molar-refractivity contribution >= 4 is 19.3 Å². The molecule has 150 valence electrons. The Labute approximate surface area is 159 Å².